The molecule has 2 N–H and O–H groups in total. The Balaban J connectivity index is 1.80. The highest BCUT2D eigenvalue weighted by Crippen LogP contribution is 2.14. The van der Waals surface area contributed by atoms with Gasteiger partial charge in [0.2, 0.25) is 0 Å². The molecule has 0 spiro atoms. The van der Waals surface area contributed by atoms with Crippen LogP contribution in [0, 0.1) is 5.92 Å². The summed E-state index contributed by atoms with van der Waals surface area (Å²) in [4.78, 5) is 10.6. The fraction of sp³-hybridized carbons (Fsp3) is 0.667. The van der Waals surface area contributed by atoms with Crippen molar-refractivity contribution in [1.29, 1.82) is 0 Å². The number of hydrogen-bond acceptors (Lipinski definition) is 2. The average Bonchev–Trinajstić information content (AvgIpc) is 2.82. The van der Waals surface area contributed by atoms with E-state index in [-0.39, 0.29) is 0 Å². The monoisotopic (exact) mass is 235 g/mol. The topological polar surface area (TPSA) is 59.4 Å². The lowest BCUT2D eigenvalue weighted by atomic mass is 10.0. The van der Waals surface area contributed by atoms with Gasteiger partial charge in [0.25, 0.3) is 0 Å². The molecular weight excluding hydrogens is 214 g/mol. The van der Waals surface area contributed by atoms with E-state index in [4.69, 9.17) is 5.73 Å². The maximum Gasteiger partial charge on any atom is 0.191 e. The van der Waals surface area contributed by atoms with E-state index in [0.29, 0.717) is 12.5 Å². The molecule has 0 radical (unpaired) electrons. The Kier molecular flexibility index (Phi) is 4.01. The van der Waals surface area contributed by atoms with Crippen molar-refractivity contribution in [2.45, 2.75) is 26.3 Å². The molecule has 0 bridgehead atoms. The first-order chi connectivity index (χ1) is 8.25. The Hall–Kier alpha value is -1.52. The minimum atomic E-state index is 0.691. The quantitative estimate of drug-likeness (QED) is 0.626. The van der Waals surface area contributed by atoms with E-state index in [1.54, 1.807) is 12.5 Å². The summed E-state index contributed by atoms with van der Waals surface area (Å²) in [5, 5.41) is 0. The molecule has 1 fully saturated rings. The Morgan fingerprint density at radius 3 is 3.18 bits per heavy atom. The molecule has 0 aromatic carbocycles. The van der Waals surface area contributed by atoms with E-state index in [9.17, 15) is 0 Å². The number of aliphatic imine (C=N–C) groups is 1. The average molecular weight is 235 g/mol. The Labute approximate surface area is 102 Å². The lowest BCUT2D eigenvalue weighted by Gasteiger charge is -2.31. The van der Waals surface area contributed by atoms with E-state index >= 15 is 0 Å². The predicted molar refractivity (Wildman–Crippen MR) is 68.7 cm³/mol. The molecule has 0 aliphatic carbocycles. The number of rotatable bonds is 3. The van der Waals surface area contributed by atoms with E-state index < -0.39 is 0 Å². The molecule has 1 aromatic heterocycles. The molecule has 1 unspecified atom stereocenters. The summed E-state index contributed by atoms with van der Waals surface area (Å²) >= 11 is 0. The van der Waals surface area contributed by atoms with Gasteiger partial charge in [0.05, 0.1) is 12.9 Å². The summed E-state index contributed by atoms with van der Waals surface area (Å²) < 4.78 is 2.01. The smallest absolute Gasteiger partial charge is 0.191 e. The van der Waals surface area contributed by atoms with Crippen molar-refractivity contribution in [3.63, 3.8) is 0 Å². The second-order valence-corrected chi connectivity index (χ2v) is 4.73. The highest BCUT2D eigenvalue weighted by atomic mass is 15.3. The third kappa shape index (κ3) is 3.47. The van der Waals surface area contributed by atoms with E-state index in [0.717, 1.165) is 25.6 Å². The van der Waals surface area contributed by atoms with Crippen molar-refractivity contribution < 1.29 is 0 Å². The highest BCUT2D eigenvalue weighted by molar-refractivity contribution is 5.78. The first kappa shape index (κ1) is 12.0. The number of aromatic nitrogens is 2. The van der Waals surface area contributed by atoms with Crippen LogP contribution >= 0.6 is 0 Å². The summed E-state index contributed by atoms with van der Waals surface area (Å²) in [6.45, 7) is 5.91. The van der Waals surface area contributed by atoms with Gasteiger partial charge in [-0.1, -0.05) is 6.92 Å². The van der Waals surface area contributed by atoms with Crippen molar-refractivity contribution >= 4 is 5.96 Å². The van der Waals surface area contributed by atoms with Gasteiger partial charge in [-0.25, -0.2) is 4.98 Å². The van der Waals surface area contributed by atoms with Gasteiger partial charge in [0, 0.05) is 32.0 Å². The van der Waals surface area contributed by atoms with Crippen LogP contribution in [0.25, 0.3) is 0 Å². The first-order valence-electron chi connectivity index (χ1n) is 6.26. The lowest BCUT2D eigenvalue weighted by Crippen LogP contribution is -2.43. The van der Waals surface area contributed by atoms with Crippen molar-refractivity contribution in [3.05, 3.63) is 18.7 Å². The van der Waals surface area contributed by atoms with Gasteiger partial charge in [0.15, 0.2) is 5.96 Å². The summed E-state index contributed by atoms with van der Waals surface area (Å²) in [5.74, 6) is 1.42. The summed E-state index contributed by atoms with van der Waals surface area (Å²) in [7, 11) is 0. The molecule has 2 heterocycles. The third-order valence-electron chi connectivity index (χ3n) is 3.17. The van der Waals surface area contributed by atoms with Crippen LogP contribution in [0.15, 0.2) is 23.7 Å². The largest absolute Gasteiger partial charge is 0.370 e. The molecule has 0 amide bonds. The van der Waals surface area contributed by atoms with Crippen LogP contribution in [-0.2, 0) is 6.54 Å². The van der Waals surface area contributed by atoms with Gasteiger partial charge < -0.3 is 15.2 Å². The number of imidazole rings is 1. The molecule has 1 aliphatic heterocycles. The molecule has 1 aromatic rings. The maximum atomic E-state index is 6.00. The van der Waals surface area contributed by atoms with E-state index in [1.165, 1.54) is 12.8 Å². The second kappa shape index (κ2) is 5.70. The van der Waals surface area contributed by atoms with Crippen LogP contribution in [0.2, 0.25) is 0 Å². The summed E-state index contributed by atoms with van der Waals surface area (Å²) in [6, 6.07) is 0. The molecule has 1 saturated heterocycles. The number of nitrogens with two attached hydrogens (primary N) is 1. The normalized spacial score (nSPS) is 21.8. The molecule has 17 heavy (non-hydrogen) atoms. The number of nitrogens with zero attached hydrogens (tertiary/aromatic N) is 4. The fourth-order valence-corrected chi connectivity index (χ4v) is 2.20. The van der Waals surface area contributed by atoms with Crippen LogP contribution < -0.4 is 5.73 Å². The third-order valence-corrected chi connectivity index (χ3v) is 3.17. The van der Waals surface area contributed by atoms with Crippen molar-refractivity contribution in [1.82, 2.24) is 14.5 Å². The number of guanidine groups is 1. The van der Waals surface area contributed by atoms with E-state index in [2.05, 4.69) is 21.8 Å². The molecule has 5 heteroatoms. The highest BCUT2D eigenvalue weighted by Gasteiger charge is 2.17. The van der Waals surface area contributed by atoms with Crippen molar-refractivity contribution in [2.24, 2.45) is 16.6 Å². The molecule has 2 rings (SSSR count). The zero-order valence-electron chi connectivity index (χ0n) is 10.4. The summed E-state index contributed by atoms with van der Waals surface area (Å²) in [6.07, 6.45) is 8.04. The summed E-state index contributed by atoms with van der Waals surface area (Å²) in [5.41, 5.74) is 6.00. The van der Waals surface area contributed by atoms with Gasteiger partial charge in [-0.3, -0.25) is 4.99 Å². The van der Waals surface area contributed by atoms with Crippen LogP contribution in [0.3, 0.4) is 0 Å². The molecular formula is C12H21N5. The van der Waals surface area contributed by atoms with Gasteiger partial charge >= 0.3 is 0 Å². The van der Waals surface area contributed by atoms with Crippen molar-refractivity contribution in [2.75, 3.05) is 19.6 Å². The van der Waals surface area contributed by atoms with Gasteiger partial charge in [-0.2, -0.15) is 0 Å². The Morgan fingerprint density at radius 2 is 2.47 bits per heavy atom. The molecule has 94 valence electrons. The lowest BCUT2D eigenvalue weighted by molar-refractivity contribution is 0.270. The molecule has 0 saturated carbocycles. The Morgan fingerprint density at radius 1 is 1.59 bits per heavy atom. The van der Waals surface area contributed by atoms with Crippen molar-refractivity contribution in [3.8, 4) is 0 Å². The standard InChI is InChI=1S/C12H21N5/c1-11-3-2-6-17(9-11)12(13)15-5-8-16-7-4-14-10-16/h4,7,10-11H,2-3,5-6,8-9H2,1H3,(H2,13,15). The molecule has 1 aliphatic rings. The maximum absolute atomic E-state index is 6.00. The van der Waals surface area contributed by atoms with Gasteiger partial charge in [-0.05, 0) is 18.8 Å². The predicted octanol–water partition coefficient (Wildman–Crippen LogP) is 0.930. The van der Waals surface area contributed by atoms with Crippen LogP contribution in [-0.4, -0.2) is 40.0 Å². The van der Waals surface area contributed by atoms with Crippen LogP contribution in [0.5, 0.6) is 0 Å². The number of likely N-dealkylation sites (tertiary alicyclic amines) is 1. The first-order valence-corrected chi connectivity index (χ1v) is 6.26. The zero-order valence-corrected chi connectivity index (χ0v) is 10.4. The van der Waals surface area contributed by atoms with Crippen LogP contribution in [0.1, 0.15) is 19.8 Å². The van der Waals surface area contributed by atoms with Gasteiger partial charge in [-0.15, -0.1) is 0 Å². The molecule has 5 nitrogen and oxygen atoms in total. The number of piperidine rings is 1. The zero-order chi connectivity index (χ0) is 12.1. The van der Waals surface area contributed by atoms with E-state index in [1.807, 2.05) is 10.8 Å². The minimum absolute atomic E-state index is 0.691. The SMILES string of the molecule is CC1CCCN(C(N)=NCCn2ccnc2)C1. The van der Waals surface area contributed by atoms with Gasteiger partial charge in [0.1, 0.15) is 0 Å². The second-order valence-electron chi connectivity index (χ2n) is 4.73. The fourth-order valence-electron chi connectivity index (χ4n) is 2.20. The molecule has 1 atom stereocenters. The van der Waals surface area contributed by atoms with Crippen LogP contribution in [0.4, 0.5) is 0 Å². The Bertz CT molecular complexity index is 357. The minimum Gasteiger partial charge on any atom is -0.370 e. The number of hydrogen-bond donors (Lipinski definition) is 1.